The molecule has 12 aromatic rings. The summed E-state index contributed by atoms with van der Waals surface area (Å²) >= 11 is 1.85. The first-order valence-corrected chi connectivity index (χ1v) is 19.3. The molecule has 0 atom stereocenters. The van der Waals surface area contributed by atoms with Gasteiger partial charge in [0.1, 0.15) is 11.2 Å². The van der Waals surface area contributed by atoms with E-state index in [0.717, 1.165) is 11.2 Å². The SMILES string of the molecule is c1ccc2cc(-c3c4ccccc4c(-c4ccc(-c5cc6sc7cc8oc9ccccc9c8cc7c6c6ccccc56)cc4)c4ccccc34)ccc2c1. The minimum Gasteiger partial charge on any atom is -0.456 e. The maximum Gasteiger partial charge on any atom is 0.136 e. The summed E-state index contributed by atoms with van der Waals surface area (Å²) in [4.78, 5) is 0. The van der Waals surface area contributed by atoms with Crippen LogP contribution < -0.4 is 0 Å². The van der Waals surface area contributed by atoms with Gasteiger partial charge in [-0.05, 0) is 107 Å². The molecule has 0 saturated heterocycles. The van der Waals surface area contributed by atoms with Crippen LogP contribution in [0.5, 0.6) is 0 Å². The molecule has 0 N–H and O–H groups in total. The Bertz CT molecular complexity index is 3430. The number of benzene rings is 10. The van der Waals surface area contributed by atoms with Gasteiger partial charge < -0.3 is 4.42 Å². The van der Waals surface area contributed by atoms with Crippen molar-refractivity contribution in [2.24, 2.45) is 0 Å². The number of hydrogen-bond acceptors (Lipinski definition) is 2. The second-order valence-corrected chi connectivity index (χ2v) is 15.5. The zero-order chi connectivity index (χ0) is 35.3. The Morgan fingerprint density at radius 3 is 1.59 bits per heavy atom. The third-order valence-corrected chi connectivity index (χ3v) is 12.5. The molecular formula is C52H30OS. The maximum absolute atomic E-state index is 6.29. The summed E-state index contributed by atoms with van der Waals surface area (Å²) in [6.07, 6.45) is 0. The summed E-state index contributed by atoms with van der Waals surface area (Å²) in [5, 5.41) is 15.1. The minimum absolute atomic E-state index is 0.937. The second-order valence-electron chi connectivity index (χ2n) is 14.4. The molecule has 0 amide bonds. The monoisotopic (exact) mass is 702 g/mol. The topological polar surface area (TPSA) is 13.1 Å². The van der Waals surface area contributed by atoms with Crippen molar-refractivity contribution in [3.8, 4) is 33.4 Å². The maximum atomic E-state index is 6.29. The van der Waals surface area contributed by atoms with E-state index >= 15 is 0 Å². The van der Waals surface area contributed by atoms with E-state index in [1.165, 1.54) is 107 Å². The van der Waals surface area contributed by atoms with Gasteiger partial charge in [0.25, 0.3) is 0 Å². The minimum atomic E-state index is 0.937. The van der Waals surface area contributed by atoms with Crippen LogP contribution in [0.2, 0.25) is 0 Å². The van der Waals surface area contributed by atoms with Crippen molar-refractivity contribution in [2.45, 2.75) is 0 Å². The third kappa shape index (κ3) is 4.32. The van der Waals surface area contributed by atoms with Gasteiger partial charge >= 0.3 is 0 Å². The molecule has 0 spiro atoms. The van der Waals surface area contributed by atoms with Crippen molar-refractivity contribution in [1.29, 1.82) is 0 Å². The summed E-state index contributed by atoms with van der Waals surface area (Å²) < 4.78 is 8.83. The molecular weight excluding hydrogens is 673 g/mol. The van der Waals surface area contributed by atoms with E-state index in [1.54, 1.807) is 0 Å². The molecule has 250 valence electrons. The van der Waals surface area contributed by atoms with Gasteiger partial charge in [0.05, 0.1) is 0 Å². The highest BCUT2D eigenvalue weighted by Crippen LogP contribution is 2.47. The second kappa shape index (κ2) is 11.4. The molecule has 0 aliphatic rings. The lowest BCUT2D eigenvalue weighted by molar-refractivity contribution is 0.669. The first-order chi connectivity index (χ1) is 26.8. The number of para-hydroxylation sites is 1. The zero-order valence-corrected chi connectivity index (χ0v) is 30.0. The molecule has 0 aliphatic heterocycles. The molecule has 0 unspecified atom stereocenters. The zero-order valence-electron chi connectivity index (χ0n) is 29.1. The van der Waals surface area contributed by atoms with Crippen molar-refractivity contribution in [1.82, 2.24) is 0 Å². The van der Waals surface area contributed by atoms with Crippen molar-refractivity contribution in [2.75, 3.05) is 0 Å². The lowest BCUT2D eigenvalue weighted by Crippen LogP contribution is -1.91. The smallest absolute Gasteiger partial charge is 0.136 e. The molecule has 12 rings (SSSR count). The van der Waals surface area contributed by atoms with Crippen LogP contribution in [0.4, 0.5) is 0 Å². The number of furan rings is 1. The Labute approximate surface area is 314 Å². The van der Waals surface area contributed by atoms with Crippen LogP contribution in [0.25, 0.3) is 119 Å². The standard InChI is InChI=1S/C52H30OS/c1-2-12-34-27-35(26-21-31(34)11-1)51-41-18-7-5-16-39(41)50(40-17-6-8-19-42(40)51)33-24-22-32(23-25-33)43-29-49-52(38-15-4-3-13-36(38)43)45-28-44-37-14-9-10-20-46(37)53-47(44)30-48(45)54-49/h1-30H. The molecule has 54 heavy (non-hydrogen) atoms. The molecule has 0 fully saturated rings. The molecule has 2 heteroatoms. The normalized spacial score (nSPS) is 12.1. The van der Waals surface area contributed by atoms with Crippen molar-refractivity contribution < 1.29 is 4.42 Å². The van der Waals surface area contributed by atoms with Gasteiger partial charge in [0.2, 0.25) is 0 Å². The van der Waals surface area contributed by atoms with Gasteiger partial charge in [0.15, 0.2) is 0 Å². The largest absolute Gasteiger partial charge is 0.456 e. The Morgan fingerprint density at radius 1 is 0.315 bits per heavy atom. The Hall–Kier alpha value is -6.74. The third-order valence-electron chi connectivity index (χ3n) is 11.4. The summed E-state index contributed by atoms with van der Waals surface area (Å²) in [6, 6.07) is 66.8. The first-order valence-electron chi connectivity index (χ1n) is 18.5. The van der Waals surface area contributed by atoms with E-state index in [4.69, 9.17) is 4.42 Å². The predicted molar refractivity (Wildman–Crippen MR) is 233 cm³/mol. The van der Waals surface area contributed by atoms with Crippen LogP contribution in [0.15, 0.2) is 186 Å². The molecule has 0 aliphatic carbocycles. The highest BCUT2D eigenvalue weighted by atomic mass is 32.1. The predicted octanol–water partition coefficient (Wildman–Crippen LogP) is 15.6. The molecule has 2 heterocycles. The van der Waals surface area contributed by atoms with Gasteiger partial charge in [-0.2, -0.15) is 0 Å². The number of fused-ring (bicyclic) bond motifs is 11. The van der Waals surface area contributed by atoms with E-state index in [-0.39, 0.29) is 0 Å². The van der Waals surface area contributed by atoms with Gasteiger partial charge in [-0.25, -0.2) is 0 Å². The van der Waals surface area contributed by atoms with Gasteiger partial charge in [0, 0.05) is 30.9 Å². The van der Waals surface area contributed by atoms with Crippen LogP contribution >= 0.6 is 11.3 Å². The van der Waals surface area contributed by atoms with Crippen molar-refractivity contribution >= 4 is 96.5 Å². The fraction of sp³-hybridized carbons (Fsp3) is 0. The first kappa shape index (κ1) is 29.8. The fourth-order valence-electron chi connectivity index (χ4n) is 9.01. The van der Waals surface area contributed by atoms with Crippen LogP contribution in [0.3, 0.4) is 0 Å². The summed E-state index contributed by atoms with van der Waals surface area (Å²) in [5.74, 6) is 0. The summed E-state index contributed by atoms with van der Waals surface area (Å²) in [7, 11) is 0. The molecule has 0 saturated carbocycles. The highest BCUT2D eigenvalue weighted by Gasteiger charge is 2.19. The molecule has 1 nitrogen and oxygen atoms in total. The van der Waals surface area contributed by atoms with E-state index in [9.17, 15) is 0 Å². The van der Waals surface area contributed by atoms with Gasteiger partial charge in [-0.1, -0.05) is 152 Å². The lowest BCUT2D eigenvalue weighted by atomic mass is 9.85. The van der Waals surface area contributed by atoms with E-state index < -0.39 is 0 Å². The summed E-state index contributed by atoms with van der Waals surface area (Å²) in [5.41, 5.74) is 9.39. The van der Waals surface area contributed by atoms with Crippen molar-refractivity contribution in [3.05, 3.63) is 182 Å². The van der Waals surface area contributed by atoms with Crippen LogP contribution in [0.1, 0.15) is 0 Å². The highest BCUT2D eigenvalue weighted by molar-refractivity contribution is 7.26. The number of thiophene rings is 1. The van der Waals surface area contributed by atoms with Crippen molar-refractivity contribution in [3.63, 3.8) is 0 Å². The quantitative estimate of drug-likeness (QED) is 0.167. The molecule has 10 aromatic carbocycles. The fourth-order valence-corrected chi connectivity index (χ4v) is 10.2. The average Bonchev–Trinajstić information content (AvgIpc) is 3.78. The van der Waals surface area contributed by atoms with Crippen LogP contribution in [-0.4, -0.2) is 0 Å². The Kier molecular flexibility index (Phi) is 6.28. The van der Waals surface area contributed by atoms with E-state index in [0.29, 0.717) is 0 Å². The van der Waals surface area contributed by atoms with E-state index in [1.807, 2.05) is 17.4 Å². The van der Waals surface area contributed by atoms with E-state index in [2.05, 4.69) is 176 Å². The number of hydrogen-bond donors (Lipinski definition) is 0. The van der Waals surface area contributed by atoms with Gasteiger partial charge in [-0.3, -0.25) is 0 Å². The number of rotatable bonds is 3. The van der Waals surface area contributed by atoms with Gasteiger partial charge in [-0.15, -0.1) is 11.3 Å². The molecule has 0 bridgehead atoms. The molecule has 2 aromatic heterocycles. The molecule has 0 radical (unpaired) electrons. The van der Waals surface area contributed by atoms with Crippen LogP contribution in [0, 0.1) is 0 Å². The summed E-state index contributed by atoms with van der Waals surface area (Å²) in [6.45, 7) is 0. The average molecular weight is 703 g/mol. The Balaban J connectivity index is 1.04. The van der Waals surface area contributed by atoms with Crippen LogP contribution in [-0.2, 0) is 0 Å². The Morgan fingerprint density at radius 2 is 0.870 bits per heavy atom. The lowest BCUT2D eigenvalue weighted by Gasteiger charge is -2.18.